The molecule has 3 heterocycles. The fourth-order valence-corrected chi connectivity index (χ4v) is 2.58. The summed E-state index contributed by atoms with van der Waals surface area (Å²) in [5, 5.41) is 8.55. The predicted octanol–water partition coefficient (Wildman–Crippen LogP) is 1.27. The molecule has 1 fully saturated rings. The van der Waals surface area contributed by atoms with Gasteiger partial charge in [-0.2, -0.15) is 0 Å². The maximum Gasteiger partial charge on any atom is 0.214 e. The molecule has 1 N–H and O–H groups in total. The van der Waals surface area contributed by atoms with Crippen LogP contribution in [0.15, 0.2) is 6.20 Å². The van der Waals surface area contributed by atoms with E-state index in [2.05, 4.69) is 15.4 Å². The molecule has 3 rings (SSSR count). The number of ether oxygens (including phenoxy) is 2. The minimum atomic E-state index is 0.210. The van der Waals surface area contributed by atoms with Gasteiger partial charge in [-0.3, -0.25) is 0 Å². The monoisotopic (exact) mass is 254 g/mol. The Morgan fingerprint density at radius 1 is 1.65 bits per heavy atom. The zero-order valence-electron chi connectivity index (χ0n) is 9.55. The summed E-state index contributed by atoms with van der Waals surface area (Å²) in [5.74, 6) is 0. The normalized spacial score (nSPS) is 20.9. The highest BCUT2D eigenvalue weighted by Gasteiger charge is 2.14. The van der Waals surface area contributed by atoms with E-state index in [0.717, 1.165) is 35.4 Å². The lowest BCUT2D eigenvalue weighted by Crippen LogP contribution is -2.30. The van der Waals surface area contributed by atoms with Gasteiger partial charge in [0.25, 0.3) is 0 Å². The van der Waals surface area contributed by atoms with Crippen LogP contribution in [0.1, 0.15) is 12.1 Å². The smallest absolute Gasteiger partial charge is 0.214 e. The third-order valence-electron chi connectivity index (χ3n) is 2.62. The summed E-state index contributed by atoms with van der Waals surface area (Å²) in [6, 6.07) is 0. The maximum atomic E-state index is 5.44. The van der Waals surface area contributed by atoms with Crippen molar-refractivity contribution in [3.05, 3.63) is 11.9 Å². The van der Waals surface area contributed by atoms with Crippen molar-refractivity contribution in [2.45, 2.75) is 19.4 Å². The molecule has 17 heavy (non-hydrogen) atoms. The first-order chi connectivity index (χ1) is 8.31. The SMILES string of the molecule is Cc1cn2nc(NCC3CCOCO3)sc2n1. The van der Waals surface area contributed by atoms with Crippen LogP contribution in [0.4, 0.5) is 5.13 Å². The summed E-state index contributed by atoms with van der Waals surface area (Å²) in [5.41, 5.74) is 0.989. The molecule has 6 nitrogen and oxygen atoms in total. The van der Waals surface area contributed by atoms with Crippen LogP contribution in [0.25, 0.3) is 4.96 Å². The second kappa shape index (κ2) is 4.59. The van der Waals surface area contributed by atoms with E-state index in [1.54, 1.807) is 15.9 Å². The van der Waals surface area contributed by atoms with Crippen molar-refractivity contribution in [2.75, 3.05) is 25.3 Å². The predicted molar refractivity (Wildman–Crippen MR) is 64.4 cm³/mol. The molecule has 1 aliphatic rings. The van der Waals surface area contributed by atoms with Crippen molar-refractivity contribution in [1.82, 2.24) is 14.6 Å². The molecule has 7 heteroatoms. The van der Waals surface area contributed by atoms with Crippen molar-refractivity contribution in [3.63, 3.8) is 0 Å². The zero-order chi connectivity index (χ0) is 11.7. The lowest BCUT2D eigenvalue weighted by Gasteiger charge is -2.22. The first-order valence-electron chi connectivity index (χ1n) is 5.57. The minimum Gasteiger partial charge on any atom is -0.357 e. The van der Waals surface area contributed by atoms with Crippen molar-refractivity contribution in [1.29, 1.82) is 0 Å². The summed E-state index contributed by atoms with van der Waals surface area (Å²) in [6.07, 6.45) is 3.05. The van der Waals surface area contributed by atoms with Gasteiger partial charge < -0.3 is 14.8 Å². The van der Waals surface area contributed by atoms with E-state index in [0.29, 0.717) is 6.79 Å². The van der Waals surface area contributed by atoms with Crippen molar-refractivity contribution >= 4 is 21.4 Å². The van der Waals surface area contributed by atoms with Crippen molar-refractivity contribution in [2.24, 2.45) is 0 Å². The molecule has 2 aromatic rings. The first-order valence-corrected chi connectivity index (χ1v) is 6.39. The van der Waals surface area contributed by atoms with E-state index >= 15 is 0 Å². The van der Waals surface area contributed by atoms with Gasteiger partial charge in [0, 0.05) is 6.54 Å². The number of nitrogens with one attached hydrogen (secondary N) is 1. The van der Waals surface area contributed by atoms with Gasteiger partial charge in [0.1, 0.15) is 6.79 Å². The van der Waals surface area contributed by atoms with E-state index < -0.39 is 0 Å². The van der Waals surface area contributed by atoms with E-state index in [-0.39, 0.29) is 6.10 Å². The van der Waals surface area contributed by atoms with Crippen LogP contribution >= 0.6 is 11.3 Å². The Labute approximate surface area is 103 Å². The lowest BCUT2D eigenvalue weighted by atomic mass is 10.2. The largest absolute Gasteiger partial charge is 0.357 e. The van der Waals surface area contributed by atoms with Gasteiger partial charge in [-0.25, -0.2) is 9.50 Å². The van der Waals surface area contributed by atoms with Crippen molar-refractivity contribution < 1.29 is 9.47 Å². The molecule has 0 saturated carbocycles. The van der Waals surface area contributed by atoms with Crippen LogP contribution in [0.2, 0.25) is 0 Å². The van der Waals surface area contributed by atoms with Gasteiger partial charge in [-0.15, -0.1) is 5.10 Å². The van der Waals surface area contributed by atoms with Gasteiger partial charge in [0.15, 0.2) is 0 Å². The van der Waals surface area contributed by atoms with E-state index in [1.807, 2.05) is 13.1 Å². The highest BCUT2D eigenvalue weighted by molar-refractivity contribution is 7.20. The highest BCUT2D eigenvalue weighted by Crippen LogP contribution is 2.19. The van der Waals surface area contributed by atoms with E-state index in [1.165, 1.54) is 0 Å². The molecule has 0 spiro atoms. The van der Waals surface area contributed by atoms with Gasteiger partial charge in [-0.1, -0.05) is 11.3 Å². The number of aromatic nitrogens is 3. The number of hydrogen-bond donors (Lipinski definition) is 1. The summed E-state index contributed by atoms with van der Waals surface area (Å²) in [4.78, 5) is 5.27. The number of anilines is 1. The third-order valence-corrected chi connectivity index (χ3v) is 3.50. The summed E-state index contributed by atoms with van der Waals surface area (Å²) in [6.45, 7) is 3.89. The zero-order valence-corrected chi connectivity index (χ0v) is 10.4. The van der Waals surface area contributed by atoms with Gasteiger partial charge in [0.05, 0.1) is 24.6 Å². The topological polar surface area (TPSA) is 60.7 Å². The first kappa shape index (κ1) is 10.9. The Morgan fingerprint density at radius 3 is 3.35 bits per heavy atom. The van der Waals surface area contributed by atoms with E-state index in [4.69, 9.17) is 9.47 Å². The second-order valence-corrected chi connectivity index (χ2v) is 4.96. The van der Waals surface area contributed by atoms with Gasteiger partial charge in [0.2, 0.25) is 10.1 Å². The number of hydrogen-bond acceptors (Lipinski definition) is 6. The summed E-state index contributed by atoms with van der Waals surface area (Å²) in [7, 11) is 0. The van der Waals surface area contributed by atoms with Crippen LogP contribution in [0.5, 0.6) is 0 Å². The second-order valence-electron chi connectivity index (χ2n) is 4.00. The lowest BCUT2D eigenvalue weighted by molar-refractivity contribution is -0.133. The Kier molecular flexibility index (Phi) is 2.96. The number of imidazole rings is 1. The van der Waals surface area contributed by atoms with Crippen LogP contribution in [-0.4, -0.2) is 40.6 Å². The molecule has 0 aromatic carbocycles. The van der Waals surface area contributed by atoms with Crippen LogP contribution in [0, 0.1) is 6.92 Å². The number of nitrogens with zero attached hydrogens (tertiary/aromatic N) is 3. The summed E-state index contributed by atoms with van der Waals surface area (Å²) >= 11 is 1.55. The Balaban J connectivity index is 1.62. The molecule has 0 amide bonds. The fraction of sp³-hybridized carbons (Fsp3) is 0.600. The summed E-state index contributed by atoms with van der Waals surface area (Å²) < 4.78 is 12.4. The number of aryl methyl sites for hydroxylation is 1. The van der Waals surface area contributed by atoms with Crippen LogP contribution in [0.3, 0.4) is 0 Å². The molecular formula is C10H14N4O2S. The standard InChI is InChI=1S/C10H14N4O2S/c1-7-5-14-10(12-7)17-9(13-14)11-4-8-2-3-15-6-16-8/h5,8H,2-4,6H2,1H3,(H,11,13). The molecule has 2 aromatic heterocycles. The molecule has 0 radical (unpaired) electrons. The molecule has 1 saturated heterocycles. The van der Waals surface area contributed by atoms with Gasteiger partial charge >= 0.3 is 0 Å². The molecular weight excluding hydrogens is 240 g/mol. The number of fused-ring (bicyclic) bond motifs is 1. The van der Waals surface area contributed by atoms with Crippen molar-refractivity contribution in [3.8, 4) is 0 Å². The molecule has 0 bridgehead atoms. The molecule has 1 aliphatic heterocycles. The molecule has 0 aliphatic carbocycles. The van der Waals surface area contributed by atoms with Crippen LogP contribution in [-0.2, 0) is 9.47 Å². The molecule has 1 unspecified atom stereocenters. The average molecular weight is 254 g/mol. The van der Waals surface area contributed by atoms with Gasteiger partial charge in [-0.05, 0) is 13.3 Å². The highest BCUT2D eigenvalue weighted by atomic mass is 32.1. The molecule has 92 valence electrons. The maximum absolute atomic E-state index is 5.44. The Morgan fingerprint density at radius 2 is 2.59 bits per heavy atom. The fourth-order valence-electron chi connectivity index (χ4n) is 1.74. The Hall–Kier alpha value is -1.18. The molecule has 1 atom stereocenters. The van der Waals surface area contributed by atoms with Crippen LogP contribution < -0.4 is 5.32 Å². The van der Waals surface area contributed by atoms with E-state index in [9.17, 15) is 0 Å². The minimum absolute atomic E-state index is 0.210. The quantitative estimate of drug-likeness (QED) is 0.894. The number of rotatable bonds is 3. The average Bonchev–Trinajstić information content (AvgIpc) is 2.84. The Bertz CT molecular complexity index is 472. The third kappa shape index (κ3) is 2.41.